The Morgan fingerprint density at radius 1 is 1.06 bits per heavy atom. The van der Waals surface area contributed by atoms with E-state index >= 15 is 0 Å². The fraction of sp³-hybridized carbons (Fsp3) is 0.261. The summed E-state index contributed by atoms with van der Waals surface area (Å²) in [5.41, 5.74) is 0. The third kappa shape index (κ3) is 4.84. The normalized spacial score (nSPS) is 17.0. The highest BCUT2D eigenvalue weighted by Gasteiger charge is 2.39. The summed E-state index contributed by atoms with van der Waals surface area (Å²) in [6.07, 6.45) is 1.13. The molecule has 1 saturated heterocycles. The van der Waals surface area contributed by atoms with E-state index in [1.807, 2.05) is 42.5 Å². The minimum Gasteiger partial charge on any atom is -0.492 e. The largest absolute Gasteiger partial charge is 0.492 e. The molecule has 3 aromatic carbocycles. The van der Waals surface area contributed by atoms with Crippen molar-refractivity contribution in [1.29, 1.82) is 0 Å². The molecule has 1 heterocycles. The number of amides is 1. The van der Waals surface area contributed by atoms with Gasteiger partial charge in [0, 0.05) is 11.6 Å². The number of nitrogens with zero attached hydrogens (tertiary/aromatic N) is 1. The molecule has 0 aromatic heterocycles. The zero-order chi connectivity index (χ0) is 21.8. The van der Waals surface area contributed by atoms with Crippen LogP contribution in [0.1, 0.15) is 12.8 Å². The number of carbonyl (C=O) groups is 1. The van der Waals surface area contributed by atoms with Crippen molar-refractivity contribution in [3.05, 3.63) is 71.8 Å². The molecule has 1 unspecified atom stereocenters. The lowest BCUT2D eigenvalue weighted by Gasteiger charge is -2.23. The predicted octanol–water partition coefficient (Wildman–Crippen LogP) is 3.84. The van der Waals surface area contributed by atoms with Crippen molar-refractivity contribution in [3.8, 4) is 5.75 Å². The number of fused-ring (bicyclic) bond motifs is 1. The summed E-state index contributed by atoms with van der Waals surface area (Å²) < 4.78 is 32.9. The van der Waals surface area contributed by atoms with Crippen LogP contribution in [0.5, 0.6) is 5.75 Å². The SMILES string of the molecule is O=C(NCCOc1ccc2ccccc2c1)C1CCCN1S(=O)(=O)c1ccc(Cl)cc1. The van der Waals surface area contributed by atoms with E-state index in [-0.39, 0.29) is 17.3 Å². The maximum absolute atomic E-state index is 13.0. The standard InChI is InChI=1S/C23H23ClN2O4S/c24-19-8-11-21(12-9-19)31(28,29)26-14-3-6-22(26)23(27)25-13-15-30-20-10-7-17-4-1-2-5-18(17)16-20/h1-2,4-5,7-12,16,22H,3,6,13-15H2,(H,25,27). The van der Waals surface area contributed by atoms with Gasteiger partial charge in [0.1, 0.15) is 18.4 Å². The molecule has 1 atom stereocenters. The van der Waals surface area contributed by atoms with E-state index in [4.69, 9.17) is 16.3 Å². The first-order valence-electron chi connectivity index (χ1n) is 10.1. The highest BCUT2D eigenvalue weighted by molar-refractivity contribution is 7.89. The Kier molecular flexibility index (Phi) is 6.46. The average Bonchev–Trinajstić information content (AvgIpc) is 3.28. The van der Waals surface area contributed by atoms with Crippen molar-refractivity contribution in [1.82, 2.24) is 9.62 Å². The predicted molar refractivity (Wildman–Crippen MR) is 121 cm³/mol. The number of halogens is 1. The number of carbonyl (C=O) groups excluding carboxylic acids is 1. The zero-order valence-electron chi connectivity index (χ0n) is 16.8. The number of benzene rings is 3. The lowest BCUT2D eigenvalue weighted by atomic mass is 10.1. The number of hydrogen-bond acceptors (Lipinski definition) is 4. The molecule has 1 amide bonds. The van der Waals surface area contributed by atoms with E-state index in [1.165, 1.54) is 28.6 Å². The molecule has 6 nitrogen and oxygen atoms in total. The highest BCUT2D eigenvalue weighted by Crippen LogP contribution is 2.27. The number of ether oxygens (including phenoxy) is 1. The smallest absolute Gasteiger partial charge is 0.243 e. The Hall–Kier alpha value is -2.61. The van der Waals surface area contributed by atoms with Crippen LogP contribution in [0.25, 0.3) is 10.8 Å². The first-order valence-corrected chi connectivity index (χ1v) is 11.9. The molecule has 31 heavy (non-hydrogen) atoms. The summed E-state index contributed by atoms with van der Waals surface area (Å²) in [7, 11) is -3.76. The molecular formula is C23H23ClN2O4S. The van der Waals surface area contributed by atoms with E-state index in [1.54, 1.807) is 0 Å². The van der Waals surface area contributed by atoms with Crippen molar-refractivity contribution >= 4 is 38.3 Å². The van der Waals surface area contributed by atoms with Gasteiger partial charge < -0.3 is 10.1 Å². The second-order valence-electron chi connectivity index (χ2n) is 7.38. The first-order chi connectivity index (χ1) is 14.9. The highest BCUT2D eigenvalue weighted by atomic mass is 35.5. The molecule has 162 valence electrons. The first kappa shape index (κ1) is 21.6. The Morgan fingerprint density at radius 2 is 1.81 bits per heavy atom. The lowest BCUT2D eigenvalue weighted by molar-refractivity contribution is -0.124. The molecule has 0 spiro atoms. The summed E-state index contributed by atoms with van der Waals surface area (Å²) in [5.74, 6) is 0.415. The van der Waals surface area contributed by atoms with Gasteiger partial charge in [-0.3, -0.25) is 4.79 Å². The van der Waals surface area contributed by atoms with Gasteiger partial charge in [-0.25, -0.2) is 8.42 Å². The van der Waals surface area contributed by atoms with Crippen molar-refractivity contribution < 1.29 is 17.9 Å². The maximum atomic E-state index is 13.0. The van der Waals surface area contributed by atoms with Crippen LogP contribution in [0.4, 0.5) is 0 Å². The van der Waals surface area contributed by atoms with Gasteiger partial charge in [-0.2, -0.15) is 4.31 Å². The van der Waals surface area contributed by atoms with Crippen molar-refractivity contribution in [2.24, 2.45) is 0 Å². The molecule has 3 aromatic rings. The molecule has 0 radical (unpaired) electrons. The van der Waals surface area contributed by atoms with Gasteiger partial charge in [0.05, 0.1) is 11.4 Å². The minimum atomic E-state index is -3.76. The molecule has 4 rings (SSSR count). The minimum absolute atomic E-state index is 0.135. The third-order valence-electron chi connectivity index (χ3n) is 5.32. The van der Waals surface area contributed by atoms with E-state index in [9.17, 15) is 13.2 Å². The van der Waals surface area contributed by atoms with Crippen LogP contribution in [-0.2, 0) is 14.8 Å². The van der Waals surface area contributed by atoms with Gasteiger partial charge in [0.2, 0.25) is 15.9 Å². The number of nitrogens with one attached hydrogen (secondary N) is 1. The van der Waals surface area contributed by atoms with Crippen LogP contribution in [0.15, 0.2) is 71.6 Å². The van der Waals surface area contributed by atoms with Gasteiger partial charge in [0.15, 0.2) is 0 Å². The molecule has 0 aliphatic carbocycles. The molecule has 1 N–H and O–H groups in total. The Morgan fingerprint density at radius 3 is 2.58 bits per heavy atom. The van der Waals surface area contributed by atoms with E-state index in [0.717, 1.165) is 16.5 Å². The Bertz CT molecular complexity index is 1180. The van der Waals surface area contributed by atoms with Gasteiger partial charge in [-0.05, 0) is 60.0 Å². The van der Waals surface area contributed by atoms with Crippen LogP contribution in [0.3, 0.4) is 0 Å². The van der Waals surface area contributed by atoms with E-state index < -0.39 is 16.1 Å². The molecule has 1 aliphatic rings. The average molecular weight is 459 g/mol. The summed E-state index contributed by atoms with van der Waals surface area (Å²) in [6.45, 7) is 0.897. The van der Waals surface area contributed by atoms with Crippen molar-refractivity contribution in [2.45, 2.75) is 23.8 Å². The Labute approximate surface area is 186 Å². The van der Waals surface area contributed by atoms with Gasteiger partial charge >= 0.3 is 0 Å². The molecule has 8 heteroatoms. The number of sulfonamides is 1. The molecule has 1 fully saturated rings. The fourth-order valence-corrected chi connectivity index (χ4v) is 5.53. The summed E-state index contributed by atoms with van der Waals surface area (Å²) >= 11 is 5.86. The topological polar surface area (TPSA) is 75.7 Å². The van der Waals surface area contributed by atoms with Crippen molar-refractivity contribution in [3.63, 3.8) is 0 Å². The fourth-order valence-electron chi connectivity index (χ4n) is 3.75. The molecule has 0 saturated carbocycles. The van der Waals surface area contributed by atoms with Crippen LogP contribution in [0, 0.1) is 0 Å². The monoisotopic (exact) mass is 458 g/mol. The molecule has 1 aliphatic heterocycles. The Balaban J connectivity index is 1.33. The van der Waals surface area contributed by atoms with Crippen LogP contribution in [-0.4, -0.2) is 44.4 Å². The molecule has 0 bridgehead atoms. The second-order valence-corrected chi connectivity index (χ2v) is 9.70. The lowest BCUT2D eigenvalue weighted by Crippen LogP contribution is -2.46. The van der Waals surface area contributed by atoms with Gasteiger partial charge in [-0.15, -0.1) is 0 Å². The third-order valence-corrected chi connectivity index (χ3v) is 7.49. The number of hydrogen-bond donors (Lipinski definition) is 1. The van der Waals surface area contributed by atoms with E-state index in [2.05, 4.69) is 5.32 Å². The maximum Gasteiger partial charge on any atom is 0.243 e. The number of rotatable bonds is 7. The summed E-state index contributed by atoms with van der Waals surface area (Å²) in [4.78, 5) is 12.8. The van der Waals surface area contributed by atoms with Gasteiger partial charge in [-0.1, -0.05) is 41.9 Å². The second kappa shape index (κ2) is 9.26. The van der Waals surface area contributed by atoms with Crippen LogP contribution < -0.4 is 10.1 Å². The molecular weight excluding hydrogens is 436 g/mol. The summed E-state index contributed by atoms with van der Waals surface area (Å²) in [5, 5.41) is 5.48. The van der Waals surface area contributed by atoms with Gasteiger partial charge in [0.25, 0.3) is 0 Å². The zero-order valence-corrected chi connectivity index (χ0v) is 18.4. The quantitative estimate of drug-likeness (QED) is 0.546. The van der Waals surface area contributed by atoms with Crippen LogP contribution in [0.2, 0.25) is 5.02 Å². The van der Waals surface area contributed by atoms with Crippen molar-refractivity contribution in [2.75, 3.05) is 19.7 Å². The summed E-state index contributed by atoms with van der Waals surface area (Å²) in [6, 6.07) is 19.1. The van der Waals surface area contributed by atoms with Crippen LogP contribution >= 0.6 is 11.6 Å². The van der Waals surface area contributed by atoms with E-state index in [0.29, 0.717) is 31.0 Å².